The smallest absolute Gasteiger partial charge is 0.251 e. The van der Waals surface area contributed by atoms with Gasteiger partial charge in [0.05, 0.1) is 12.8 Å². The molecule has 0 spiro atoms. The lowest BCUT2D eigenvalue weighted by Gasteiger charge is -2.07. The van der Waals surface area contributed by atoms with Crippen LogP contribution in [0.3, 0.4) is 0 Å². The van der Waals surface area contributed by atoms with Crippen LogP contribution >= 0.6 is 0 Å². The number of carbonyl (C=O) groups is 1. The first-order valence-corrected chi connectivity index (χ1v) is 6.49. The minimum Gasteiger partial charge on any atom is -0.467 e. The van der Waals surface area contributed by atoms with E-state index in [9.17, 15) is 4.79 Å². The number of carbonyl (C=O) groups excluding carboxylic acids is 1. The van der Waals surface area contributed by atoms with Crippen molar-refractivity contribution in [3.8, 4) is 0 Å². The summed E-state index contributed by atoms with van der Waals surface area (Å²) in [7, 11) is 0. The van der Waals surface area contributed by atoms with E-state index in [0.717, 1.165) is 11.3 Å². The number of nitrogens with one attached hydrogen (secondary N) is 1. The number of benzene rings is 1. The van der Waals surface area contributed by atoms with Crippen molar-refractivity contribution in [1.82, 2.24) is 5.32 Å². The normalized spacial score (nSPS) is 10.7. The molecule has 0 saturated carbocycles. The second-order valence-corrected chi connectivity index (χ2v) is 4.99. The summed E-state index contributed by atoms with van der Waals surface area (Å²) in [6.45, 7) is 6.65. The molecule has 3 heteroatoms. The molecule has 19 heavy (non-hydrogen) atoms. The van der Waals surface area contributed by atoms with Crippen molar-refractivity contribution in [2.75, 3.05) is 0 Å². The third kappa shape index (κ3) is 3.25. The Balaban J connectivity index is 1.98. The van der Waals surface area contributed by atoms with E-state index in [2.05, 4.69) is 19.2 Å². The highest BCUT2D eigenvalue weighted by Crippen LogP contribution is 2.15. The molecule has 0 unspecified atom stereocenters. The van der Waals surface area contributed by atoms with Crippen LogP contribution < -0.4 is 5.32 Å². The van der Waals surface area contributed by atoms with Crippen molar-refractivity contribution < 1.29 is 9.21 Å². The third-order valence-electron chi connectivity index (χ3n) is 3.22. The molecule has 0 fully saturated rings. The Hall–Kier alpha value is -2.03. The predicted molar refractivity (Wildman–Crippen MR) is 75.1 cm³/mol. The SMILES string of the molecule is Cc1ccoc1CNC(=O)c1ccc(C(C)C)cc1. The van der Waals surface area contributed by atoms with Crippen LogP contribution in [0, 0.1) is 6.92 Å². The average Bonchev–Trinajstić information content (AvgIpc) is 2.81. The molecule has 3 nitrogen and oxygen atoms in total. The fraction of sp³-hybridized carbons (Fsp3) is 0.312. The van der Waals surface area contributed by atoms with Gasteiger partial charge in [-0.3, -0.25) is 4.79 Å². The maximum absolute atomic E-state index is 12.0. The van der Waals surface area contributed by atoms with Gasteiger partial charge in [-0.1, -0.05) is 26.0 Å². The van der Waals surface area contributed by atoms with Gasteiger partial charge in [-0.2, -0.15) is 0 Å². The number of hydrogen-bond donors (Lipinski definition) is 1. The molecule has 1 aromatic carbocycles. The van der Waals surface area contributed by atoms with E-state index in [1.165, 1.54) is 5.56 Å². The van der Waals surface area contributed by atoms with Crippen LogP contribution in [0.1, 0.15) is 47.0 Å². The highest BCUT2D eigenvalue weighted by Gasteiger charge is 2.08. The summed E-state index contributed by atoms with van der Waals surface area (Å²) < 4.78 is 5.29. The van der Waals surface area contributed by atoms with E-state index in [0.29, 0.717) is 18.0 Å². The van der Waals surface area contributed by atoms with Gasteiger partial charge in [-0.25, -0.2) is 0 Å². The van der Waals surface area contributed by atoms with E-state index in [4.69, 9.17) is 4.42 Å². The summed E-state index contributed by atoms with van der Waals surface area (Å²) in [5, 5.41) is 2.86. The maximum Gasteiger partial charge on any atom is 0.251 e. The van der Waals surface area contributed by atoms with Gasteiger partial charge in [0.2, 0.25) is 0 Å². The second kappa shape index (κ2) is 5.74. The highest BCUT2D eigenvalue weighted by atomic mass is 16.3. The van der Waals surface area contributed by atoms with Crippen LogP contribution in [0.25, 0.3) is 0 Å². The molecular formula is C16H19NO2. The zero-order valence-electron chi connectivity index (χ0n) is 11.6. The molecule has 2 aromatic rings. The van der Waals surface area contributed by atoms with Gasteiger partial charge >= 0.3 is 0 Å². The standard InChI is InChI=1S/C16H19NO2/c1-11(2)13-4-6-14(7-5-13)16(18)17-10-15-12(3)8-9-19-15/h4-9,11H,10H2,1-3H3,(H,17,18). The first-order valence-electron chi connectivity index (χ1n) is 6.49. The van der Waals surface area contributed by atoms with Crippen LogP contribution in [0.5, 0.6) is 0 Å². The fourth-order valence-corrected chi connectivity index (χ4v) is 1.87. The quantitative estimate of drug-likeness (QED) is 0.908. The Bertz CT molecular complexity index is 552. The van der Waals surface area contributed by atoms with Crippen LogP contribution in [-0.4, -0.2) is 5.91 Å². The third-order valence-corrected chi connectivity index (χ3v) is 3.22. The molecule has 2 rings (SSSR count). The second-order valence-electron chi connectivity index (χ2n) is 4.99. The van der Waals surface area contributed by atoms with Gasteiger partial charge in [-0.05, 0) is 42.2 Å². The Morgan fingerprint density at radius 1 is 1.21 bits per heavy atom. The van der Waals surface area contributed by atoms with E-state index in [-0.39, 0.29) is 5.91 Å². The Morgan fingerprint density at radius 3 is 2.42 bits per heavy atom. The summed E-state index contributed by atoms with van der Waals surface area (Å²) in [6.07, 6.45) is 1.63. The van der Waals surface area contributed by atoms with Gasteiger partial charge in [0, 0.05) is 5.56 Å². The fourth-order valence-electron chi connectivity index (χ4n) is 1.87. The van der Waals surface area contributed by atoms with Crippen molar-refractivity contribution in [3.63, 3.8) is 0 Å². The topological polar surface area (TPSA) is 42.2 Å². The molecule has 1 aromatic heterocycles. The number of furan rings is 1. The Morgan fingerprint density at radius 2 is 1.89 bits per heavy atom. The minimum atomic E-state index is -0.0777. The monoisotopic (exact) mass is 257 g/mol. The molecule has 0 bridgehead atoms. The highest BCUT2D eigenvalue weighted by molar-refractivity contribution is 5.94. The average molecular weight is 257 g/mol. The van der Waals surface area contributed by atoms with Crippen molar-refractivity contribution in [1.29, 1.82) is 0 Å². The summed E-state index contributed by atoms with van der Waals surface area (Å²) in [4.78, 5) is 12.0. The van der Waals surface area contributed by atoms with Crippen LogP contribution in [-0.2, 0) is 6.54 Å². The lowest BCUT2D eigenvalue weighted by atomic mass is 10.0. The van der Waals surface area contributed by atoms with E-state index < -0.39 is 0 Å². The molecule has 0 aliphatic rings. The van der Waals surface area contributed by atoms with E-state index >= 15 is 0 Å². The lowest BCUT2D eigenvalue weighted by molar-refractivity contribution is 0.0948. The molecular weight excluding hydrogens is 238 g/mol. The first-order chi connectivity index (χ1) is 9.08. The number of hydrogen-bond acceptors (Lipinski definition) is 2. The summed E-state index contributed by atoms with van der Waals surface area (Å²) in [6, 6.07) is 9.60. The number of aryl methyl sites for hydroxylation is 1. The molecule has 0 aliphatic heterocycles. The minimum absolute atomic E-state index is 0.0777. The summed E-state index contributed by atoms with van der Waals surface area (Å²) in [5.74, 6) is 1.20. The summed E-state index contributed by atoms with van der Waals surface area (Å²) in [5.41, 5.74) is 2.96. The maximum atomic E-state index is 12.0. The number of rotatable bonds is 4. The van der Waals surface area contributed by atoms with Gasteiger partial charge < -0.3 is 9.73 Å². The van der Waals surface area contributed by atoms with Crippen LogP contribution in [0.15, 0.2) is 41.0 Å². The van der Waals surface area contributed by atoms with Crippen molar-refractivity contribution in [2.45, 2.75) is 33.2 Å². The zero-order valence-corrected chi connectivity index (χ0v) is 11.6. The Labute approximate surface area is 113 Å². The van der Waals surface area contributed by atoms with Crippen molar-refractivity contribution in [2.24, 2.45) is 0 Å². The van der Waals surface area contributed by atoms with Crippen molar-refractivity contribution in [3.05, 3.63) is 59.0 Å². The molecule has 0 atom stereocenters. The Kier molecular flexibility index (Phi) is 4.05. The zero-order chi connectivity index (χ0) is 13.8. The van der Waals surface area contributed by atoms with Gasteiger partial charge in [0.25, 0.3) is 5.91 Å². The number of amides is 1. The molecule has 1 N–H and O–H groups in total. The van der Waals surface area contributed by atoms with Crippen LogP contribution in [0.2, 0.25) is 0 Å². The van der Waals surface area contributed by atoms with Crippen molar-refractivity contribution >= 4 is 5.91 Å². The van der Waals surface area contributed by atoms with Gasteiger partial charge in [-0.15, -0.1) is 0 Å². The predicted octanol–water partition coefficient (Wildman–Crippen LogP) is 3.64. The lowest BCUT2D eigenvalue weighted by Crippen LogP contribution is -2.22. The molecule has 0 saturated heterocycles. The van der Waals surface area contributed by atoms with Gasteiger partial charge in [0.1, 0.15) is 5.76 Å². The van der Waals surface area contributed by atoms with Crippen LogP contribution in [0.4, 0.5) is 0 Å². The first kappa shape index (κ1) is 13.4. The molecule has 1 amide bonds. The molecule has 0 radical (unpaired) electrons. The van der Waals surface area contributed by atoms with E-state index in [1.807, 2.05) is 37.3 Å². The molecule has 100 valence electrons. The summed E-state index contributed by atoms with van der Waals surface area (Å²) >= 11 is 0. The largest absolute Gasteiger partial charge is 0.467 e. The molecule has 1 heterocycles. The molecule has 0 aliphatic carbocycles. The van der Waals surface area contributed by atoms with E-state index in [1.54, 1.807) is 6.26 Å². The van der Waals surface area contributed by atoms with Gasteiger partial charge in [0.15, 0.2) is 0 Å².